The highest BCUT2D eigenvalue weighted by Crippen LogP contribution is 2.18. The van der Waals surface area contributed by atoms with Crippen LogP contribution in [-0.4, -0.2) is 40.3 Å². The SMILES string of the molecule is CNc1cc(Nc2cnc(C#N)cn2)nnc1C(=O)OC. The molecule has 0 saturated carbocycles. The number of carbonyl (C=O) groups is 1. The molecule has 2 rings (SSSR count). The third-order valence-corrected chi connectivity index (χ3v) is 2.46. The zero-order chi connectivity index (χ0) is 15.2. The van der Waals surface area contributed by atoms with E-state index in [0.29, 0.717) is 17.3 Å². The topological polar surface area (TPSA) is 126 Å². The summed E-state index contributed by atoms with van der Waals surface area (Å²) in [5, 5.41) is 22.0. The Balaban J connectivity index is 2.24. The summed E-state index contributed by atoms with van der Waals surface area (Å²) in [6.45, 7) is 0. The van der Waals surface area contributed by atoms with Gasteiger partial charge in [0.2, 0.25) is 0 Å². The minimum atomic E-state index is -0.587. The van der Waals surface area contributed by atoms with Crippen molar-refractivity contribution in [3.8, 4) is 6.07 Å². The molecule has 0 aromatic carbocycles. The molecule has 0 amide bonds. The van der Waals surface area contributed by atoms with Gasteiger partial charge in [-0.05, 0) is 0 Å². The highest BCUT2D eigenvalue weighted by atomic mass is 16.5. The van der Waals surface area contributed by atoms with Crippen LogP contribution in [0.15, 0.2) is 18.5 Å². The number of esters is 1. The van der Waals surface area contributed by atoms with Crippen molar-refractivity contribution < 1.29 is 9.53 Å². The van der Waals surface area contributed by atoms with Crippen molar-refractivity contribution in [3.05, 3.63) is 29.8 Å². The molecule has 0 aliphatic carbocycles. The Labute approximate surface area is 120 Å². The molecule has 2 heterocycles. The van der Waals surface area contributed by atoms with Crippen LogP contribution in [0.25, 0.3) is 0 Å². The average molecular weight is 285 g/mol. The first kappa shape index (κ1) is 14.1. The number of ether oxygens (including phenoxy) is 1. The van der Waals surface area contributed by atoms with Crippen LogP contribution in [0.4, 0.5) is 17.3 Å². The molecule has 0 aliphatic rings. The van der Waals surface area contributed by atoms with Gasteiger partial charge >= 0.3 is 5.97 Å². The summed E-state index contributed by atoms with van der Waals surface area (Å²) in [6, 6.07) is 3.45. The third kappa shape index (κ3) is 3.19. The Kier molecular flexibility index (Phi) is 4.20. The molecule has 0 atom stereocenters. The number of methoxy groups -OCH3 is 1. The number of aromatic nitrogens is 4. The number of nitrogens with one attached hydrogen (secondary N) is 2. The van der Waals surface area contributed by atoms with Gasteiger partial charge < -0.3 is 15.4 Å². The maximum absolute atomic E-state index is 11.5. The summed E-state index contributed by atoms with van der Waals surface area (Å²) in [7, 11) is 2.91. The van der Waals surface area contributed by atoms with Crippen molar-refractivity contribution in [2.75, 3.05) is 24.8 Å². The van der Waals surface area contributed by atoms with Gasteiger partial charge in [0.25, 0.3) is 0 Å². The Morgan fingerprint density at radius 2 is 2.10 bits per heavy atom. The van der Waals surface area contributed by atoms with Crippen molar-refractivity contribution in [2.45, 2.75) is 0 Å². The lowest BCUT2D eigenvalue weighted by Gasteiger charge is -2.08. The normalized spacial score (nSPS) is 9.57. The van der Waals surface area contributed by atoms with E-state index in [9.17, 15) is 4.79 Å². The molecule has 0 bridgehead atoms. The average Bonchev–Trinajstić information content (AvgIpc) is 2.54. The van der Waals surface area contributed by atoms with Gasteiger partial charge in [-0.15, -0.1) is 10.2 Å². The fourth-order valence-corrected chi connectivity index (χ4v) is 1.47. The predicted octanol–water partition coefficient (Wildman–Crippen LogP) is 0.710. The van der Waals surface area contributed by atoms with Crippen molar-refractivity contribution in [3.63, 3.8) is 0 Å². The number of carbonyl (C=O) groups excluding carboxylic acids is 1. The molecule has 2 aromatic rings. The Hall–Kier alpha value is -3.28. The summed E-state index contributed by atoms with van der Waals surface area (Å²) >= 11 is 0. The zero-order valence-corrected chi connectivity index (χ0v) is 11.3. The van der Waals surface area contributed by atoms with Gasteiger partial charge in [-0.3, -0.25) is 0 Å². The quantitative estimate of drug-likeness (QED) is 0.781. The van der Waals surface area contributed by atoms with Gasteiger partial charge in [-0.25, -0.2) is 14.8 Å². The minimum absolute atomic E-state index is 0.0801. The van der Waals surface area contributed by atoms with E-state index in [1.54, 1.807) is 13.1 Å². The number of hydrogen-bond acceptors (Lipinski definition) is 9. The molecule has 9 heteroatoms. The van der Waals surface area contributed by atoms with E-state index in [2.05, 4.69) is 35.5 Å². The number of anilines is 3. The molecule has 0 radical (unpaired) electrons. The summed E-state index contributed by atoms with van der Waals surface area (Å²) in [5.41, 5.74) is 0.751. The van der Waals surface area contributed by atoms with Crippen molar-refractivity contribution in [1.82, 2.24) is 20.2 Å². The first-order valence-electron chi connectivity index (χ1n) is 5.81. The monoisotopic (exact) mass is 285 g/mol. The zero-order valence-electron chi connectivity index (χ0n) is 11.3. The van der Waals surface area contributed by atoms with Crippen LogP contribution in [0.2, 0.25) is 0 Å². The van der Waals surface area contributed by atoms with Gasteiger partial charge in [0, 0.05) is 13.1 Å². The van der Waals surface area contributed by atoms with Gasteiger partial charge in [0.05, 0.1) is 25.2 Å². The molecule has 0 fully saturated rings. The van der Waals surface area contributed by atoms with Crippen LogP contribution >= 0.6 is 0 Å². The summed E-state index contributed by atoms with van der Waals surface area (Å²) in [4.78, 5) is 19.4. The lowest BCUT2D eigenvalue weighted by molar-refractivity contribution is 0.0594. The Bertz CT molecular complexity index is 694. The highest BCUT2D eigenvalue weighted by molar-refractivity contribution is 5.93. The van der Waals surface area contributed by atoms with E-state index in [1.807, 2.05) is 6.07 Å². The van der Waals surface area contributed by atoms with Gasteiger partial charge in [-0.1, -0.05) is 0 Å². The molecular formula is C12H11N7O2. The fourth-order valence-electron chi connectivity index (χ4n) is 1.47. The summed E-state index contributed by atoms with van der Waals surface area (Å²) in [6.07, 6.45) is 2.73. The second-order valence-corrected chi connectivity index (χ2v) is 3.76. The molecule has 0 unspecified atom stereocenters. The molecular weight excluding hydrogens is 274 g/mol. The van der Waals surface area contributed by atoms with E-state index in [0.717, 1.165) is 0 Å². The molecule has 0 aliphatic heterocycles. The number of rotatable bonds is 4. The maximum Gasteiger partial charge on any atom is 0.360 e. The Morgan fingerprint density at radius 3 is 2.67 bits per heavy atom. The predicted molar refractivity (Wildman–Crippen MR) is 72.9 cm³/mol. The van der Waals surface area contributed by atoms with Gasteiger partial charge in [0.15, 0.2) is 17.2 Å². The molecule has 9 nitrogen and oxygen atoms in total. The lowest BCUT2D eigenvalue weighted by atomic mass is 10.3. The van der Waals surface area contributed by atoms with Crippen LogP contribution in [0, 0.1) is 11.3 Å². The second-order valence-electron chi connectivity index (χ2n) is 3.76. The van der Waals surface area contributed by atoms with Crippen LogP contribution in [0.1, 0.15) is 16.2 Å². The second kappa shape index (κ2) is 6.25. The largest absolute Gasteiger partial charge is 0.464 e. The van der Waals surface area contributed by atoms with Gasteiger partial charge in [0.1, 0.15) is 11.9 Å². The highest BCUT2D eigenvalue weighted by Gasteiger charge is 2.15. The van der Waals surface area contributed by atoms with Crippen LogP contribution < -0.4 is 10.6 Å². The van der Waals surface area contributed by atoms with Crippen LogP contribution in [-0.2, 0) is 4.74 Å². The van der Waals surface area contributed by atoms with Crippen molar-refractivity contribution in [2.24, 2.45) is 0 Å². The van der Waals surface area contributed by atoms with Crippen molar-refractivity contribution in [1.29, 1.82) is 5.26 Å². The smallest absolute Gasteiger partial charge is 0.360 e. The summed E-state index contributed by atoms with van der Waals surface area (Å²) in [5.74, 6) is 0.179. The van der Waals surface area contributed by atoms with E-state index >= 15 is 0 Å². The number of nitrogens with zero attached hydrogens (tertiary/aromatic N) is 5. The molecule has 2 N–H and O–H groups in total. The van der Waals surface area contributed by atoms with Crippen LogP contribution in [0.5, 0.6) is 0 Å². The standard InChI is InChI=1S/C12H11N7O2/c1-14-8-3-9(18-19-11(8)12(20)21-2)17-10-6-15-7(4-13)5-16-10/h3,5-6H,1-2H3,(H2,14,16,17,18). The number of hydrogen-bond donors (Lipinski definition) is 2. The minimum Gasteiger partial charge on any atom is -0.464 e. The molecule has 0 spiro atoms. The maximum atomic E-state index is 11.5. The van der Waals surface area contributed by atoms with E-state index in [1.165, 1.54) is 19.5 Å². The first-order chi connectivity index (χ1) is 10.2. The third-order valence-electron chi connectivity index (χ3n) is 2.46. The van der Waals surface area contributed by atoms with Crippen LogP contribution in [0.3, 0.4) is 0 Å². The molecule has 2 aromatic heterocycles. The van der Waals surface area contributed by atoms with E-state index in [-0.39, 0.29) is 11.4 Å². The molecule has 106 valence electrons. The first-order valence-corrected chi connectivity index (χ1v) is 5.81. The lowest BCUT2D eigenvalue weighted by Crippen LogP contribution is -2.11. The molecule has 21 heavy (non-hydrogen) atoms. The van der Waals surface area contributed by atoms with Gasteiger partial charge in [-0.2, -0.15) is 5.26 Å². The Morgan fingerprint density at radius 1 is 1.29 bits per heavy atom. The fraction of sp³-hybridized carbons (Fsp3) is 0.167. The summed E-state index contributed by atoms with van der Waals surface area (Å²) < 4.78 is 4.61. The van der Waals surface area contributed by atoms with E-state index < -0.39 is 5.97 Å². The van der Waals surface area contributed by atoms with Crippen molar-refractivity contribution >= 4 is 23.3 Å². The van der Waals surface area contributed by atoms with E-state index in [4.69, 9.17) is 5.26 Å². The number of nitriles is 1. The molecule has 0 saturated heterocycles.